The fraction of sp³-hybridized carbons (Fsp3) is 0.188. The zero-order valence-corrected chi connectivity index (χ0v) is 11.9. The molecule has 3 aromatic rings. The fourth-order valence-electron chi connectivity index (χ4n) is 2.30. The van der Waals surface area contributed by atoms with Gasteiger partial charge in [0.2, 0.25) is 5.43 Å². The summed E-state index contributed by atoms with van der Waals surface area (Å²) < 4.78 is 21.4. The minimum Gasteiger partial charge on any atom is -0.497 e. The summed E-state index contributed by atoms with van der Waals surface area (Å²) in [5.74, 6) is 1.61. The van der Waals surface area contributed by atoms with Crippen molar-refractivity contribution in [3.8, 4) is 17.2 Å². The van der Waals surface area contributed by atoms with Gasteiger partial charge in [0, 0.05) is 18.2 Å². The first-order valence-electron chi connectivity index (χ1n) is 6.34. The minimum atomic E-state index is -0.145. The van der Waals surface area contributed by atoms with Gasteiger partial charge in [0.1, 0.15) is 33.8 Å². The molecular weight excluding hydrogens is 272 g/mol. The highest BCUT2D eigenvalue weighted by Gasteiger charge is 2.14. The van der Waals surface area contributed by atoms with E-state index in [2.05, 4.69) is 0 Å². The molecule has 108 valence electrons. The highest BCUT2D eigenvalue weighted by atomic mass is 16.5. The van der Waals surface area contributed by atoms with Crippen LogP contribution in [0.1, 0.15) is 0 Å². The molecule has 21 heavy (non-hydrogen) atoms. The maximum Gasteiger partial charge on any atom is 0.204 e. The molecule has 0 aliphatic carbocycles. The summed E-state index contributed by atoms with van der Waals surface area (Å²) >= 11 is 0. The van der Waals surface area contributed by atoms with Gasteiger partial charge in [0.05, 0.1) is 26.7 Å². The lowest BCUT2D eigenvalue weighted by molar-refractivity contribution is 0.396. The van der Waals surface area contributed by atoms with E-state index < -0.39 is 0 Å². The van der Waals surface area contributed by atoms with Crippen molar-refractivity contribution in [3.63, 3.8) is 0 Å². The number of rotatable bonds is 3. The van der Waals surface area contributed by atoms with Gasteiger partial charge in [-0.2, -0.15) is 0 Å². The smallest absolute Gasteiger partial charge is 0.204 e. The predicted octanol–water partition coefficient (Wildman–Crippen LogP) is 2.97. The van der Waals surface area contributed by atoms with Gasteiger partial charge in [-0.15, -0.1) is 0 Å². The molecule has 0 saturated carbocycles. The first-order chi connectivity index (χ1) is 10.2. The molecule has 0 spiro atoms. The molecular formula is C16H14O5. The van der Waals surface area contributed by atoms with Crippen LogP contribution in [0.25, 0.3) is 21.9 Å². The van der Waals surface area contributed by atoms with Crippen LogP contribution in [0.4, 0.5) is 0 Å². The molecule has 3 rings (SSSR count). The summed E-state index contributed by atoms with van der Waals surface area (Å²) in [6.45, 7) is 0. The highest BCUT2D eigenvalue weighted by molar-refractivity contribution is 5.94. The third-order valence-electron chi connectivity index (χ3n) is 3.38. The van der Waals surface area contributed by atoms with Crippen molar-refractivity contribution < 1.29 is 18.6 Å². The van der Waals surface area contributed by atoms with E-state index in [9.17, 15) is 4.79 Å². The van der Waals surface area contributed by atoms with Crippen molar-refractivity contribution >= 4 is 21.9 Å². The van der Waals surface area contributed by atoms with Crippen LogP contribution in [0.15, 0.2) is 39.5 Å². The zero-order valence-electron chi connectivity index (χ0n) is 11.9. The monoisotopic (exact) mass is 286 g/mol. The summed E-state index contributed by atoms with van der Waals surface area (Å²) in [5.41, 5.74) is 0.729. The molecule has 0 aliphatic rings. The van der Waals surface area contributed by atoms with Crippen molar-refractivity contribution in [1.29, 1.82) is 0 Å². The fourth-order valence-corrected chi connectivity index (χ4v) is 2.30. The summed E-state index contributed by atoms with van der Waals surface area (Å²) in [6, 6.07) is 8.42. The van der Waals surface area contributed by atoms with Crippen molar-refractivity contribution in [2.45, 2.75) is 0 Å². The van der Waals surface area contributed by atoms with Gasteiger partial charge in [0.25, 0.3) is 0 Å². The van der Waals surface area contributed by atoms with Crippen LogP contribution in [0.3, 0.4) is 0 Å². The molecule has 0 amide bonds. The minimum absolute atomic E-state index is 0.145. The van der Waals surface area contributed by atoms with Crippen molar-refractivity contribution in [2.24, 2.45) is 0 Å². The molecule has 0 N–H and O–H groups in total. The van der Waals surface area contributed by atoms with Gasteiger partial charge in [-0.1, -0.05) is 0 Å². The second kappa shape index (κ2) is 5.01. The van der Waals surface area contributed by atoms with Gasteiger partial charge < -0.3 is 18.6 Å². The van der Waals surface area contributed by atoms with Crippen LogP contribution < -0.4 is 19.6 Å². The lowest BCUT2D eigenvalue weighted by atomic mass is 10.1. The third-order valence-corrected chi connectivity index (χ3v) is 3.38. The Morgan fingerprint density at radius 1 is 0.857 bits per heavy atom. The lowest BCUT2D eigenvalue weighted by Crippen LogP contribution is -2.04. The molecule has 0 aliphatic heterocycles. The van der Waals surface area contributed by atoms with E-state index in [1.54, 1.807) is 44.6 Å². The van der Waals surface area contributed by atoms with Crippen LogP contribution in [0.2, 0.25) is 0 Å². The van der Waals surface area contributed by atoms with E-state index >= 15 is 0 Å². The number of fused-ring (bicyclic) bond motifs is 2. The quantitative estimate of drug-likeness (QED) is 0.693. The first-order valence-corrected chi connectivity index (χ1v) is 6.34. The van der Waals surface area contributed by atoms with Crippen LogP contribution in [-0.2, 0) is 0 Å². The normalized spacial score (nSPS) is 10.8. The summed E-state index contributed by atoms with van der Waals surface area (Å²) in [4.78, 5) is 12.6. The van der Waals surface area contributed by atoms with E-state index in [0.29, 0.717) is 39.2 Å². The first kappa shape index (κ1) is 13.3. The number of hydrogen-bond donors (Lipinski definition) is 0. The highest BCUT2D eigenvalue weighted by Crippen LogP contribution is 2.31. The molecule has 0 radical (unpaired) electrons. The zero-order chi connectivity index (χ0) is 15.0. The van der Waals surface area contributed by atoms with E-state index in [0.717, 1.165) is 0 Å². The van der Waals surface area contributed by atoms with Crippen molar-refractivity contribution in [3.05, 3.63) is 40.6 Å². The van der Waals surface area contributed by atoms with Crippen LogP contribution in [-0.4, -0.2) is 21.3 Å². The molecule has 0 atom stereocenters. The standard InChI is InChI=1S/C16H14O5/c1-18-9-4-5-11-12(6-9)21-14-8-10(19-2)7-13(20-3)15(14)16(11)17/h4-8H,1-3H3. The lowest BCUT2D eigenvalue weighted by Gasteiger charge is -2.09. The molecule has 2 aromatic carbocycles. The van der Waals surface area contributed by atoms with E-state index in [4.69, 9.17) is 18.6 Å². The molecule has 1 heterocycles. The van der Waals surface area contributed by atoms with E-state index in [1.807, 2.05) is 0 Å². The largest absolute Gasteiger partial charge is 0.497 e. The number of ether oxygens (including phenoxy) is 3. The maximum absolute atomic E-state index is 12.6. The van der Waals surface area contributed by atoms with Crippen LogP contribution >= 0.6 is 0 Å². The third kappa shape index (κ3) is 2.07. The van der Waals surface area contributed by atoms with Gasteiger partial charge in [0.15, 0.2) is 0 Å². The van der Waals surface area contributed by atoms with Crippen LogP contribution in [0.5, 0.6) is 17.2 Å². The Balaban J connectivity index is 2.46. The molecule has 0 fully saturated rings. The number of hydrogen-bond acceptors (Lipinski definition) is 5. The number of benzene rings is 2. The Morgan fingerprint density at radius 2 is 1.57 bits per heavy atom. The molecule has 1 aromatic heterocycles. The van der Waals surface area contributed by atoms with Gasteiger partial charge in [-0.25, -0.2) is 0 Å². The van der Waals surface area contributed by atoms with Gasteiger partial charge >= 0.3 is 0 Å². The SMILES string of the molecule is COc1ccc2c(=O)c3c(OC)cc(OC)cc3oc2c1. The summed E-state index contributed by atoms with van der Waals surface area (Å²) in [7, 11) is 4.61. The Labute approximate surface area is 120 Å². The molecule has 0 saturated heterocycles. The molecule has 0 bridgehead atoms. The van der Waals surface area contributed by atoms with Crippen molar-refractivity contribution in [2.75, 3.05) is 21.3 Å². The Hall–Kier alpha value is -2.69. The number of methoxy groups -OCH3 is 3. The summed E-state index contributed by atoms with van der Waals surface area (Å²) in [6.07, 6.45) is 0. The average molecular weight is 286 g/mol. The Bertz CT molecular complexity index is 879. The summed E-state index contributed by atoms with van der Waals surface area (Å²) in [5, 5.41) is 0.878. The van der Waals surface area contributed by atoms with E-state index in [1.165, 1.54) is 7.11 Å². The molecule has 0 unspecified atom stereocenters. The second-order valence-electron chi connectivity index (χ2n) is 4.50. The Morgan fingerprint density at radius 3 is 2.24 bits per heavy atom. The Kier molecular flexibility index (Phi) is 3.17. The van der Waals surface area contributed by atoms with Gasteiger partial charge in [-0.3, -0.25) is 4.79 Å². The van der Waals surface area contributed by atoms with Crippen LogP contribution in [0, 0.1) is 0 Å². The topological polar surface area (TPSA) is 57.9 Å². The second-order valence-corrected chi connectivity index (χ2v) is 4.50. The predicted molar refractivity (Wildman–Crippen MR) is 79.6 cm³/mol. The maximum atomic E-state index is 12.6. The van der Waals surface area contributed by atoms with Gasteiger partial charge in [-0.05, 0) is 12.1 Å². The molecule has 5 nitrogen and oxygen atoms in total. The van der Waals surface area contributed by atoms with Crippen molar-refractivity contribution in [1.82, 2.24) is 0 Å². The van der Waals surface area contributed by atoms with E-state index in [-0.39, 0.29) is 5.43 Å². The molecule has 5 heteroatoms. The average Bonchev–Trinajstić information content (AvgIpc) is 2.53.